The van der Waals surface area contributed by atoms with Crippen LogP contribution in [0.3, 0.4) is 0 Å². The molecule has 8 heteroatoms. The van der Waals surface area contributed by atoms with E-state index in [1.165, 1.54) is 7.11 Å². The van der Waals surface area contributed by atoms with Crippen LogP contribution in [0.25, 0.3) is 0 Å². The van der Waals surface area contributed by atoms with Crippen molar-refractivity contribution >= 4 is 17.7 Å². The van der Waals surface area contributed by atoms with E-state index in [2.05, 4.69) is 15.5 Å². The molecule has 5 N–H and O–H groups in total. The molecule has 8 nitrogen and oxygen atoms in total. The maximum Gasteiger partial charge on any atom is 0.305 e. The normalized spacial score (nSPS) is 19.8. The first-order valence-electron chi connectivity index (χ1n) is 9.64. The fourth-order valence-electron chi connectivity index (χ4n) is 3.23. The average Bonchev–Trinajstić information content (AvgIpc) is 3.15. The molecule has 0 bridgehead atoms. The number of nitrogen functional groups attached to an aromatic ring is 1. The smallest absolute Gasteiger partial charge is 0.305 e. The van der Waals surface area contributed by atoms with Crippen molar-refractivity contribution in [3.8, 4) is 0 Å². The quantitative estimate of drug-likeness (QED) is 0.275. The molecule has 1 aromatic carbocycles. The van der Waals surface area contributed by atoms with Crippen LogP contribution in [0.15, 0.2) is 24.3 Å². The molecular weight excluding hydrogens is 360 g/mol. The molecule has 0 saturated carbocycles. The molecule has 1 unspecified atom stereocenters. The predicted molar refractivity (Wildman–Crippen MR) is 106 cm³/mol. The number of nitrogens with one attached hydrogen (secondary N) is 3. The van der Waals surface area contributed by atoms with E-state index in [1.54, 1.807) is 12.1 Å². The predicted octanol–water partition coefficient (Wildman–Crippen LogP) is 1.93. The summed E-state index contributed by atoms with van der Waals surface area (Å²) in [6.07, 6.45) is 3.36. The fourth-order valence-corrected chi connectivity index (χ4v) is 3.23. The molecule has 1 aliphatic rings. The zero-order valence-electron chi connectivity index (χ0n) is 16.5. The highest BCUT2D eigenvalue weighted by Crippen LogP contribution is 2.27. The lowest BCUT2D eigenvalue weighted by Crippen LogP contribution is -2.36. The molecule has 28 heavy (non-hydrogen) atoms. The van der Waals surface area contributed by atoms with Gasteiger partial charge in [0, 0.05) is 18.0 Å². The van der Waals surface area contributed by atoms with Crippen molar-refractivity contribution in [3.63, 3.8) is 0 Å². The standard InChI is InChI=1S/C20H30N4O4/c1-3-15(5-4-6-19(26)27-2)23-18(25)12-16-11-17(24-28-16)13-7-9-14(10-8-13)20(21)22/h7-10,15-17,24H,3-6,11-12H2,1-2H3,(H3,21,22)(H,23,25)/t15?,16-,17+/m1/s1. The molecule has 1 heterocycles. The van der Waals surface area contributed by atoms with Gasteiger partial charge >= 0.3 is 5.97 Å². The van der Waals surface area contributed by atoms with E-state index in [4.69, 9.17) is 16.0 Å². The van der Waals surface area contributed by atoms with Gasteiger partial charge in [-0.1, -0.05) is 31.2 Å². The van der Waals surface area contributed by atoms with Crippen LogP contribution in [0, 0.1) is 5.41 Å². The Morgan fingerprint density at radius 3 is 2.71 bits per heavy atom. The van der Waals surface area contributed by atoms with Crippen molar-refractivity contribution in [2.45, 2.75) is 63.6 Å². The number of benzene rings is 1. The van der Waals surface area contributed by atoms with Gasteiger partial charge in [0.15, 0.2) is 0 Å². The summed E-state index contributed by atoms with van der Waals surface area (Å²) in [6, 6.07) is 7.48. The van der Waals surface area contributed by atoms with E-state index in [-0.39, 0.29) is 42.3 Å². The van der Waals surface area contributed by atoms with E-state index in [1.807, 2.05) is 19.1 Å². The Kier molecular flexibility index (Phi) is 8.41. The van der Waals surface area contributed by atoms with E-state index in [0.29, 0.717) is 24.8 Å². The summed E-state index contributed by atoms with van der Waals surface area (Å²) in [5.41, 5.74) is 10.2. The molecule has 0 aliphatic carbocycles. The van der Waals surface area contributed by atoms with Crippen LogP contribution in [0.2, 0.25) is 0 Å². The highest BCUT2D eigenvalue weighted by atomic mass is 16.7. The first-order chi connectivity index (χ1) is 13.4. The average molecular weight is 390 g/mol. The number of hydrogen-bond acceptors (Lipinski definition) is 6. The van der Waals surface area contributed by atoms with Crippen molar-refractivity contribution in [2.24, 2.45) is 5.73 Å². The number of rotatable bonds is 10. The summed E-state index contributed by atoms with van der Waals surface area (Å²) in [7, 11) is 1.38. The summed E-state index contributed by atoms with van der Waals surface area (Å²) < 4.78 is 4.63. The number of nitrogens with two attached hydrogens (primary N) is 1. The lowest BCUT2D eigenvalue weighted by Gasteiger charge is -2.17. The molecule has 0 aromatic heterocycles. The van der Waals surface area contributed by atoms with Crippen molar-refractivity contribution < 1.29 is 19.2 Å². The molecule has 2 rings (SSSR count). The number of amidine groups is 1. The zero-order valence-corrected chi connectivity index (χ0v) is 16.5. The molecular formula is C20H30N4O4. The van der Waals surface area contributed by atoms with Crippen LogP contribution in [0.5, 0.6) is 0 Å². The first kappa shape index (κ1) is 21.8. The SMILES string of the molecule is CCC(CCCC(=O)OC)NC(=O)C[C@H]1C[C@@H](c2ccc(C(=N)N)cc2)NO1. The molecule has 3 atom stereocenters. The first-order valence-corrected chi connectivity index (χ1v) is 9.64. The summed E-state index contributed by atoms with van der Waals surface area (Å²) in [5, 5.41) is 10.5. The maximum absolute atomic E-state index is 12.3. The number of methoxy groups -OCH3 is 1. The van der Waals surface area contributed by atoms with Crippen LogP contribution in [-0.4, -0.2) is 37.0 Å². The van der Waals surface area contributed by atoms with Gasteiger partial charge in [-0.25, -0.2) is 0 Å². The third kappa shape index (κ3) is 6.61. The second-order valence-electron chi connectivity index (χ2n) is 7.03. The van der Waals surface area contributed by atoms with Crippen molar-refractivity contribution in [1.82, 2.24) is 10.8 Å². The number of carbonyl (C=O) groups is 2. The van der Waals surface area contributed by atoms with Crippen LogP contribution in [0.1, 0.15) is 62.6 Å². The third-order valence-corrected chi connectivity index (χ3v) is 4.93. The van der Waals surface area contributed by atoms with Gasteiger partial charge < -0.3 is 15.8 Å². The minimum atomic E-state index is -0.228. The maximum atomic E-state index is 12.3. The molecule has 0 radical (unpaired) electrons. The molecule has 154 valence electrons. The monoisotopic (exact) mass is 390 g/mol. The van der Waals surface area contributed by atoms with Gasteiger partial charge in [0.2, 0.25) is 5.91 Å². The number of ether oxygens (including phenoxy) is 1. The second-order valence-corrected chi connectivity index (χ2v) is 7.03. The highest BCUT2D eigenvalue weighted by molar-refractivity contribution is 5.94. The molecule has 1 aromatic rings. The van der Waals surface area contributed by atoms with Crippen LogP contribution in [-0.2, 0) is 19.2 Å². The highest BCUT2D eigenvalue weighted by Gasteiger charge is 2.29. The van der Waals surface area contributed by atoms with Crippen molar-refractivity contribution in [3.05, 3.63) is 35.4 Å². The second kappa shape index (κ2) is 10.8. The number of esters is 1. The van der Waals surface area contributed by atoms with Gasteiger partial charge in [-0.2, -0.15) is 5.48 Å². The lowest BCUT2D eigenvalue weighted by molar-refractivity contribution is -0.140. The summed E-state index contributed by atoms with van der Waals surface area (Å²) in [6.45, 7) is 2.01. The number of hydrogen-bond donors (Lipinski definition) is 4. The van der Waals surface area contributed by atoms with E-state index in [0.717, 1.165) is 18.4 Å². The van der Waals surface area contributed by atoms with Crippen LogP contribution >= 0.6 is 0 Å². The molecule has 1 aliphatic heterocycles. The van der Waals surface area contributed by atoms with Crippen molar-refractivity contribution in [2.75, 3.05) is 7.11 Å². The zero-order chi connectivity index (χ0) is 20.5. The Bertz CT molecular complexity index is 677. The largest absolute Gasteiger partial charge is 0.469 e. The fraction of sp³-hybridized carbons (Fsp3) is 0.550. The van der Waals surface area contributed by atoms with Crippen molar-refractivity contribution in [1.29, 1.82) is 5.41 Å². The van der Waals surface area contributed by atoms with E-state index < -0.39 is 0 Å². The minimum Gasteiger partial charge on any atom is -0.469 e. The Morgan fingerprint density at radius 1 is 1.39 bits per heavy atom. The Morgan fingerprint density at radius 2 is 2.11 bits per heavy atom. The Labute approximate surface area is 165 Å². The van der Waals surface area contributed by atoms with Gasteiger partial charge in [-0.15, -0.1) is 0 Å². The van der Waals surface area contributed by atoms with Gasteiger partial charge in [-0.05, 0) is 31.2 Å². The van der Waals surface area contributed by atoms with Gasteiger partial charge in [0.05, 0.1) is 25.7 Å². The molecule has 0 spiro atoms. The van der Waals surface area contributed by atoms with Gasteiger partial charge in [-0.3, -0.25) is 19.8 Å². The number of carbonyl (C=O) groups excluding carboxylic acids is 2. The minimum absolute atomic E-state index is 0.000775. The van der Waals surface area contributed by atoms with Gasteiger partial charge in [0.1, 0.15) is 5.84 Å². The Balaban J connectivity index is 1.76. The molecule has 1 fully saturated rings. The van der Waals surface area contributed by atoms with Gasteiger partial charge in [0.25, 0.3) is 0 Å². The topological polar surface area (TPSA) is 127 Å². The molecule has 1 saturated heterocycles. The summed E-state index contributed by atoms with van der Waals surface area (Å²) in [5.74, 6) is -0.243. The summed E-state index contributed by atoms with van der Waals surface area (Å²) in [4.78, 5) is 29.1. The van der Waals surface area contributed by atoms with E-state index in [9.17, 15) is 9.59 Å². The summed E-state index contributed by atoms with van der Waals surface area (Å²) >= 11 is 0. The van der Waals surface area contributed by atoms with Crippen LogP contribution in [0.4, 0.5) is 0 Å². The number of amides is 1. The molecule has 1 amide bonds. The Hall–Kier alpha value is -2.45. The lowest BCUT2D eigenvalue weighted by atomic mass is 9.99. The van der Waals surface area contributed by atoms with E-state index >= 15 is 0 Å². The van der Waals surface area contributed by atoms with Crippen LogP contribution < -0.4 is 16.5 Å². The number of hydroxylamine groups is 1. The third-order valence-electron chi connectivity index (χ3n) is 4.93.